The molecule has 1 aliphatic heterocycles. The Morgan fingerprint density at radius 1 is 1.39 bits per heavy atom. The Labute approximate surface area is 107 Å². The fourth-order valence-corrected chi connectivity index (χ4v) is 2.82. The van der Waals surface area contributed by atoms with Crippen molar-refractivity contribution in [2.24, 2.45) is 11.7 Å². The largest absolute Gasteiger partial charge is 0.355 e. The molecule has 0 bridgehead atoms. The minimum atomic E-state index is 0.703. The fourth-order valence-electron chi connectivity index (χ4n) is 2.82. The van der Waals surface area contributed by atoms with E-state index in [-0.39, 0.29) is 0 Å². The molecule has 1 saturated heterocycles. The minimum absolute atomic E-state index is 0.703. The molecule has 3 heterocycles. The molecule has 1 atom stereocenters. The molecule has 5 nitrogen and oxygen atoms in total. The summed E-state index contributed by atoms with van der Waals surface area (Å²) in [5.74, 6) is 1.76. The molecule has 0 spiro atoms. The van der Waals surface area contributed by atoms with Crippen LogP contribution in [0, 0.1) is 5.92 Å². The van der Waals surface area contributed by atoms with Crippen molar-refractivity contribution in [1.29, 1.82) is 0 Å². The molecule has 0 aromatic carbocycles. The summed E-state index contributed by atoms with van der Waals surface area (Å²) in [7, 11) is 0. The van der Waals surface area contributed by atoms with Gasteiger partial charge in [-0.2, -0.15) is 5.10 Å². The summed E-state index contributed by atoms with van der Waals surface area (Å²) < 4.78 is 1.88. The molecule has 2 aromatic rings. The lowest BCUT2D eigenvalue weighted by atomic mass is 9.95. The van der Waals surface area contributed by atoms with Gasteiger partial charge in [0.15, 0.2) is 5.82 Å². The molecule has 1 fully saturated rings. The normalized spacial score (nSPS) is 20.5. The Hall–Kier alpha value is -1.62. The van der Waals surface area contributed by atoms with E-state index in [4.69, 9.17) is 5.73 Å². The van der Waals surface area contributed by atoms with Gasteiger partial charge in [-0.1, -0.05) is 0 Å². The molecule has 2 N–H and O–H groups in total. The van der Waals surface area contributed by atoms with Crippen LogP contribution in [0.5, 0.6) is 0 Å². The smallest absolute Gasteiger partial charge is 0.154 e. The van der Waals surface area contributed by atoms with Crippen molar-refractivity contribution >= 4 is 11.3 Å². The number of nitrogens with zero attached hydrogens (tertiary/aromatic N) is 4. The van der Waals surface area contributed by atoms with Gasteiger partial charge in [-0.3, -0.25) is 0 Å². The second-order valence-corrected chi connectivity index (χ2v) is 4.94. The highest BCUT2D eigenvalue weighted by molar-refractivity contribution is 5.68. The molecule has 96 valence electrons. The van der Waals surface area contributed by atoms with E-state index in [1.807, 2.05) is 29.2 Å². The Balaban J connectivity index is 1.87. The quantitative estimate of drug-likeness (QED) is 0.885. The van der Waals surface area contributed by atoms with Gasteiger partial charge in [0.05, 0.1) is 6.20 Å². The lowest BCUT2D eigenvalue weighted by Gasteiger charge is -2.33. The first-order chi connectivity index (χ1) is 8.88. The summed E-state index contributed by atoms with van der Waals surface area (Å²) in [4.78, 5) is 6.91. The molecule has 0 radical (unpaired) electrons. The lowest BCUT2D eigenvalue weighted by Crippen LogP contribution is -2.37. The summed E-state index contributed by atoms with van der Waals surface area (Å²) in [6.45, 7) is 2.93. The third kappa shape index (κ3) is 2.06. The summed E-state index contributed by atoms with van der Waals surface area (Å²) >= 11 is 0. The third-order valence-corrected chi connectivity index (χ3v) is 3.70. The zero-order valence-electron chi connectivity index (χ0n) is 10.5. The number of anilines is 1. The Kier molecular flexibility index (Phi) is 3.15. The van der Waals surface area contributed by atoms with E-state index < -0.39 is 0 Å². The van der Waals surface area contributed by atoms with Gasteiger partial charge in [-0.05, 0) is 37.8 Å². The maximum atomic E-state index is 5.67. The van der Waals surface area contributed by atoms with Crippen LogP contribution in [0.15, 0.2) is 24.7 Å². The SMILES string of the molecule is NCCC1CCCN(c2nccn3nccc23)C1. The van der Waals surface area contributed by atoms with Crippen LogP contribution in [0.1, 0.15) is 19.3 Å². The standard InChI is InChI=1S/C13H19N5/c14-5-3-11-2-1-8-17(10-11)13-12-4-6-16-18(12)9-7-15-13/h4,6-7,9,11H,1-3,5,8,10,14H2. The van der Waals surface area contributed by atoms with Gasteiger partial charge in [0.25, 0.3) is 0 Å². The zero-order valence-corrected chi connectivity index (χ0v) is 10.5. The third-order valence-electron chi connectivity index (χ3n) is 3.70. The second kappa shape index (κ2) is 4.94. The number of fused-ring (bicyclic) bond motifs is 1. The Morgan fingerprint density at radius 2 is 2.33 bits per heavy atom. The van der Waals surface area contributed by atoms with Gasteiger partial charge >= 0.3 is 0 Å². The van der Waals surface area contributed by atoms with Gasteiger partial charge < -0.3 is 10.6 Å². The van der Waals surface area contributed by atoms with E-state index in [1.54, 1.807) is 0 Å². The molecule has 0 aliphatic carbocycles. The topological polar surface area (TPSA) is 59.5 Å². The molecule has 1 aliphatic rings. The van der Waals surface area contributed by atoms with Crippen molar-refractivity contribution in [3.8, 4) is 0 Å². The Morgan fingerprint density at radius 3 is 3.22 bits per heavy atom. The summed E-state index contributed by atoms with van der Waals surface area (Å²) in [6, 6.07) is 2.02. The molecular formula is C13H19N5. The summed E-state index contributed by atoms with van der Waals surface area (Å²) in [6.07, 6.45) is 9.15. The molecule has 0 amide bonds. The van der Waals surface area contributed by atoms with Crippen LogP contribution in [0.4, 0.5) is 5.82 Å². The number of hydrogen-bond donors (Lipinski definition) is 1. The number of hydrogen-bond acceptors (Lipinski definition) is 4. The van der Waals surface area contributed by atoms with Gasteiger partial charge in [0.1, 0.15) is 5.52 Å². The molecule has 0 saturated carbocycles. The van der Waals surface area contributed by atoms with Crippen LogP contribution < -0.4 is 10.6 Å². The molecular weight excluding hydrogens is 226 g/mol. The fraction of sp³-hybridized carbons (Fsp3) is 0.538. The van der Waals surface area contributed by atoms with Gasteiger partial charge in [0.2, 0.25) is 0 Å². The van der Waals surface area contributed by atoms with E-state index in [0.29, 0.717) is 5.92 Å². The van der Waals surface area contributed by atoms with E-state index in [2.05, 4.69) is 15.0 Å². The van der Waals surface area contributed by atoms with Crippen molar-refractivity contribution in [3.63, 3.8) is 0 Å². The molecule has 18 heavy (non-hydrogen) atoms. The predicted molar refractivity (Wildman–Crippen MR) is 71.6 cm³/mol. The minimum Gasteiger partial charge on any atom is -0.355 e. The van der Waals surface area contributed by atoms with Gasteiger partial charge in [-0.25, -0.2) is 9.50 Å². The highest BCUT2D eigenvalue weighted by atomic mass is 15.3. The average molecular weight is 245 g/mol. The highest BCUT2D eigenvalue weighted by Crippen LogP contribution is 2.25. The first-order valence-corrected chi connectivity index (χ1v) is 6.62. The molecule has 5 heteroatoms. The number of piperidine rings is 1. The first kappa shape index (κ1) is 11.5. The highest BCUT2D eigenvalue weighted by Gasteiger charge is 2.21. The van der Waals surface area contributed by atoms with Crippen LogP contribution >= 0.6 is 0 Å². The van der Waals surface area contributed by atoms with Crippen molar-refractivity contribution in [2.75, 3.05) is 24.5 Å². The predicted octanol–water partition coefficient (Wildman–Crippen LogP) is 1.29. The summed E-state index contributed by atoms with van der Waals surface area (Å²) in [5, 5.41) is 4.26. The van der Waals surface area contributed by atoms with E-state index in [9.17, 15) is 0 Å². The van der Waals surface area contributed by atoms with Crippen molar-refractivity contribution in [3.05, 3.63) is 24.7 Å². The molecule has 2 aromatic heterocycles. The maximum absolute atomic E-state index is 5.67. The number of rotatable bonds is 3. The summed E-state index contributed by atoms with van der Waals surface area (Å²) in [5.41, 5.74) is 6.76. The van der Waals surface area contributed by atoms with Gasteiger partial charge in [-0.15, -0.1) is 0 Å². The average Bonchev–Trinajstić information content (AvgIpc) is 2.87. The van der Waals surface area contributed by atoms with Crippen molar-refractivity contribution in [1.82, 2.24) is 14.6 Å². The van der Waals surface area contributed by atoms with E-state index in [1.165, 1.54) is 12.8 Å². The first-order valence-electron chi connectivity index (χ1n) is 6.62. The van der Waals surface area contributed by atoms with Crippen LogP contribution in [-0.4, -0.2) is 34.2 Å². The lowest BCUT2D eigenvalue weighted by molar-refractivity contribution is 0.395. The van der Waals surface area contributed by atoms with Crippen LogP contribution in [0.2, 0.25) is 0 Å². The van der Waals surface area contributed by atoms with Crippen molar-refractivity contribution in [2.45, 2.75) is 19.3 Å². The monoisotopic (exact) mass is 245 g/mol. The number of nitrogens with two attached hydrogens (primary N) is 1. The van der Waals surface area contributed by atoms with Crippen LogP contribution in [0.25, 0.3) is 5.52 Å². The second-order valence-electron chi connectivity index (χ2n) is 4.94. The van der Waals surface area contributed by atoms with E-state index in [0.717, 1.165) is 37.4 Å². The van der Waals surface area contributed by atoms with Gasteiger partial charge in [0, 0.05) is 25.5 Å². The van der Waals surface area contributed by atoms with E-state index >= 15 is 0 Å². The molecule has 1 unspecified atom stereocenters. The van der Waals surface area contributed by atoms with Crippen LogP contribution in [0.3, 0.4) is 0 Å². The molecule has 3 rings (SSSR count). The maximum Gasteiger partial charge on any atom is 0.154 e. The van der Waals surface area contributed by atoms with Crippen LogP contribution in [-0.2, 0) is 0 Å². The Bertz CT molecular complexity index is 519. The van der Waals surface area contributed by atoms with Crippen molar-refractivity contribution < 1.29 is 0 Å². The zero-order chi connectivity index (χ0) is 12.4. The number of aromatic nitrogens is 3.